The number of nitrogen functional groups attached to an aromatic ring is 1. The topological polar surface area (TPSA) is 390 Å². The molecule has 30 heteroatoms. The zero-order valence-corrected chi connectivity index (χ0v) is 41.2. The molecule has 0 spiro atoms. The van der Waals surface area contributed by atoms with Gasteiger partial charge in [-0.2, -0.15) is 4.31 Å². The third kappa shape index (κ3) is 19.7. The van der Waals surface area contributed by atoms with Crippen LogP contribution in [0.1, 0.15) is 104 Å². The van der Waals surface area contributed by atoms with Gasteiger partial charge >= 0.3 is 29.4 Å². The highest BCUT2D eigenvalue weighted by Crippen LogP contribution is 2.61. The molecule has 1 fully saturated rings. The van der Waals surface area contributed by atoms with Gasteiger partial charge in [-0.15, -0.1) is 0 Å². The summed E-state index contributed by atoms with van der Waals surface area (Å²) in [5.74, 6) is -2.88. The third-order valence-electron chi connectivity index (χ3n) is 10.4. The van der Waals surface area contributed by atoms with Crippen molar-refractivity contribution in [1.29, 1.82) is 0 Å². The van der Waals surface area contributed by atoms with Crippen molar-refractivity contribution in [2.75, 3.05) is 44.9 Å². The predicted molar refractivity (Wildman–Crippen MR) is 239 cm³/mol. The molecule has 1 aliphatic rings. The van der Waals surface area contributed by atoms with Crippen molar-refractivity contribution in [3.05, 3.63) is 12.7 Å². The van der Waals surface area contributed by atoms with Crippen LogP contribution in [0.2, 0.25) is 0 Å². The Labute approximate surface area is 391 Å². The Morgan fingerprint density at radius 3 is 2.18 bits per heavy atom. The van der Waals surface area contributed by atoms with E-state index in [1.165, 1.54) is 59.5 Å². The average Bonchev–Trinajstić information content (AvgIpc) is 3.82. The zero-order chi connectivity index (χ0) is 50.0. The highest BCUT2D eigenvalue weighted by atomic mass is 32.2. The molecule has 0 saturated carbocycles. The van der Waals surface area contributed by atoms with E-state index < -0.39 is 96.4 Å². The summed E-state index contributed by atoms with van der Waals surface area (Å²) < 4.78 is 67.3. The number of hydrogen-bond acceptors (Lipinski definition) is 20. The van der Waals surface area contributed by atoms with E-state index in [-0.39, 0.29) is 47.4 Å². The van der Waals surface area contributed by atoms with Crippen molar-refractivity contribution in [2.24, 2.45) is 11.3 Å². The number of nitrogens with zero attached hydrogens (tertiary/aromatic N) is 4. The van der Waals surface area contributed by atoms with Gasteiger partial charge in [0.2, 0.25) is 16.9 Å². The molecule has 1 aliphatic heterocycles. The number of methoxy groups -OCH3 is 1. The Hall–Kier alpha value is -2.97. The van der Waals surface area contributed by atoms with E-state index in [4.69, 9.17) is 24.3 Å². The Bertz CT molecular complexity index is 2080. The SMILES string of the molecule is CCCCCCCCCCCCC(C(=O)OC)C(=O)SCCNC(=O)CCNC(=O)[C@H](O)C(C)(C)COP(=O)(O)OP(=O)(O)OC[C@H]1O[C@@H](n2cnc3c(N)ncnc32)[C@H](O)[C@@H]1OP(=O)(O)O. The van der Waals surface area contributed by atoms with Crippen molar-refractivity contribution < 1.29 is 90.0 Å². The molecule has 1 saturated heterocycles. The maximum absolute atomic E-state index is 12.8. The van der Waals surface area contributed by atoms with E-state index in [0.717, 1.165) is 48.2 Å². The molecule has 10 N–H and O–H groups in total. The molecule has 0 radical (unpaired) electrons. The summed E-state index contributed by atoms with van der Waals surface area (Å²) in [6, 6.07) is 0. The first-order valence-corrected chi connectivity index (χ1v) is 27.1. The summed E-state index contributed by atoms with van der Waals surface area (Å²) >= 11 is 0.902. The molecular formula is C37H64N7O19P3S. The molecule has 8 atom stereocenters. The van der Waals surface area contributed by atoms with E-state index in [1.54, 1.807) is 0 Å². The normalized spacial score (nSPS) is 20.4. The lowest BCUT2D eigenvalue weighted by molar-refractivity contribution is -0.147. The van der Waals surface area contributed by atoms with Gasteiger partial charge in [0.05, 0.1) is 26.7 Å². The second-order valence-corrected chi connectivity index (χ2v) is 21.6. The number of hydrogen-bond donors (Lipinski definition) is 9. The lowest BCUT2D eigenvalue weighted by Gasteiger charge is -2.30. The summed E-state index contributed by atoms with van der Waals surface area (Å²) in [6.07, 6.45) is 4.42. The van der Waals surface area contributed by atoms with Crippen LogP contribution in [0.4, 0.5) is 5.82 Å². The molecule has 2 aromatic heterocycles. The average molecular weight is 1040 g/mol. The summed E-state index contributed by atoms with van der Waals surface area (Å²) in [4.78, 5) is 101. The highest BCUT2D eigenvalue weighted by molar-refractivity contribution is 8.13. The van der Waals surface area contributed by atoms with Crippen molar-refractivity contribution in [3.63, 3.8) is 0 Å². The minimum absolute atomic E-state index is 0.0235. The number of rotatable bonds is 32. The number of esters is 1. The molecule has 0 aliphatic carbocycles. The molecular weight excluding hydrogens is 971 g/mol. The zero-order valence-electron chi connectivity index (χ0n) is 37.7. The first-order chi connectivity index (χ1) is 31.4. The van der Waals surface area contributed by atoms with Crippen LogP contribution in [0.25, 0.3) is 11.2 Å². The number of unbranched alkanes of at least 4 members (excludes halogenated alkanes) is 9. The molecule has 0 bridgehead atoms. The lowest BCUT2D eigenvalue weighted by Crippen LogP contribution is -2.46. The smallest absolute Gasteiger partial charge is 0.468 e. The highest BCUT2D eigenvalue weighted by Gasteiger charge is 2.50. The van der Waals surface area contributed by atoms with E-state index in [9.17, 15) is 62.7 Å². The molecule has 0 aromatic carbocycles. The first kappa shape index (κ1) is 58.3. The van der Waals surface area contributed by atoms with Gasteiger partial charge in [0.1, 0.15) is 42.2 Å². The number of thioether (sulfide) groups is 1. The number of carbonyl (C=O) groups excluding carboxylic acids is 4. The monoisotopic (exact) mass is 1040 g/mol. The van der Waals surface area contributed by atoms with Crippen LogP contribution >= 0.6 is 35.2 Å². The van der Waals surface area contributed by atoms with E-state index in [1.807, 2.05) is 0 Å². The van der Waals surface area contributed by atoms with Crippen LogP contribution in [0.15, 0.2) is 12.7 Å². The van der Waals surface area contributed by atoms with Gasteiger partial charge in [-0.25, -0.2) is 28.6 Å². The fourth-order valence-corrected chi connectivity index (χ4v) is 10.3. The fraction of sp³-hybridized carbons (Fsp3) is 0.757. The summed E-state index contributed by atoms with van der Waals surface area (Å²) in [5, 5.41) is 26.2. The van der Waals surface area contributed by atoms with E-state index in [2.05, 4.69) is 41.3 Å². The number of nitrogens with two attached hydrogens (primary N) is 1. The predicted octanol–water partition coefficient (Wildman–Crippen LogP) is 2.76. The second-order valence-electron chi connectivity index (χ2n) is 16.3. The number of carbonyl (C=O) groups is 4. The van der Waals surface area contributed by atoms with Crippen LogP contribution in [0.3, 0.4) is 0 Å². The molecule has 2 aromatic rings. The molecule has 3 unspecified atom stereocenters. The number of anilines is 1. The van der Waals surface area contributed by atoms with E-state index in [0.29, 0.717) is 12.8 Å². The number of aliphatic hydroxyl groups excluding tert-OH is 2. The van der Waals surface area contributed by atoms with Crippen molar-refractivity contribution in [3.8, 4) is 0 Å². The van der Waals surface area contributed by atoms with Crippen LogP contribution in [0.5, 0.6) is 0 Å². The number of amides is 2. The Kier molecular flexibility index (Phi) is 23.9. The minimum Gasteiger partial charge on any atom is -0.468 e. The summed E-state index contributed by atoms with van der Waals surface area (Å²) in [7, 11) is -15.2. The minimum atomic E-state index is -5.60. The maximum atomic E-state index is 12.8. The maximum Gasteiger partial charge on any atom is 0.481 e. The summed E-state index contributed by atoms with van der Waals surface area (Å²) in [5.41, 5.74) is 4.23. The van der Waals surface area contributed by atoms with Gasteiger partial charge in [0.25, 0.3) is 0 Å². The Morgan fingerprint density at radius 1 is 0.925 bits per heavy atom. The molecule has 2 amide bonds. The number of ether oxygens (including phenoxy) is 2. The molecule has 67 heavy (non-hydrogen) atoms. The first-order valence-electron chi connectivity index (χ1n) is 21.5. The van der Waals surface area contributed by atoms with Crippen LogP contribution in [0, 0.1) is 11.3 Å². The molecule has 3 rings (SSSR count). The largest absolute Gasteiger partial charge is 0.481 e. The molecule has 382 valence electrons. The van der Waals surface area contributed by atoms with Gasteiger partial charge in [0.15, 0.2) is 17.7 Å². The van der Waals surface area contributed by atoms with Gasteiger partial charge < -0.3 is 55.6 Å². The van der Waals surface area contributed by atoms with Gasteiger partial charge in [-0.3, -0.25) is 37.3 Å². The molecule has 26 nitrogen and oxygen atoms in total. The standard InChI is InChI=1S/C37H64N7O19P3S/c1-5-6-7-8-9-10-11-12-13-14-15-24(35(49)58-4)36(50)67-19-18-39-26(45)16-17-40-33(48)30(47)37(2,3)21-60-66(56,57)63-65(54,55)59-20-25-29(62-64(51,52)53)28(46)34(61-25)44-23-43-27-31(38)41-22-42-32(27)44/h22-25,28-30,34,46-47H,5-21H2,1-4H3,(H,39,45)(H,40,48)(H,54,55)(H,56,57)(H2,38,41,42)(H2,51,52,53)/t24?,25-,28-,29-,30+,34-/m1/s1. The van der Waals surface area contributed by atoms with Gasteiger partial charge in [-0.1, -0.05) is 96.7 Å². The van der Waals surface area contributed by atoms with Crippen molar-refractivity contribution in [1.82, 2.24) is 30.2 Å². The van der Waals surface area contributed by atoms with Crippen molar-refractivity contribution in [2.45, 2.75) is 128 Å². The number of fused-ring (bicyclic) bond motifs is 1. The quantitative estimate of drug-likeness (QED) is 0.0220. The van der Waals surface area contributed by atoms with Crippen LogP contribution < -0.4 is 16.4 Å². The lowest BCUT2D eigenvalue weighted by atomic mass is 9.87. The number of nitrogens with one attached hydrogen (secondary N) is 2. The Morgan fingerprint density at radius 2 is 1.55 bits per heavy atom. The number of aromatic nitrogens is 4. The second kappa shape index (κ2) is 27.4. The van der Waals surface area contributed by atoms with Crippen molar-refractivity contribution >= 4 is 75.1 Å². The fourth-order valence-electron chi connectivity index (χ4n) is 6.69. The van der Waals surface area contributed by atoms with Gasteiger partial charge in [0, 0.05) is 30.7 Å². The number of aliphatic hydroxyl groups is 2. The van der Waals surface area contributed by atoms with E-state index >= 15 is 0 Å². The van der Waals surface area contributed by atoms with Gasteiger partial charge in [-0.05, 0) is 6.42 Å². The third-order valence-corrected chi connectivity index (χ3v) is 14.4. The number of phosphoric ester groups is 3. The summed E-state index contributed by atoms with van der Waals surface area (Å²) in [6.45, 7) is 2.44. The number of phosphoric acid groups is 3. The Balaban J connectivity index is 1.39. The van der Waals surface area contributed by atoms with Crippen LogP contribution in [-0.2, 0) is 60.2 Å². The number of imidazole rings is 1. The molecule has 3 heterocycles. The van der Waals surface area contributed by atoms with Crippen LogP contribution in [-0.4, -0.2) is 136 Å².